The van der Waals surface area contributed by atoms with Gasteiger partial charge < -0.3 is 4.74 Å². The second-order valence-electron chi connectivity index (χ2n) is 7.12. The zero-order valence-corrected chi connectivity index (χ0v) is 18.0. The molecule has 0 aliphatic carbocycles. The molecule has 0 saturated carbocycles. The van der Waals surface area contributed by atoms with Gasteiger partial charge in [-0.3, -0.25) is 4.79 Å². The van der Waals surface area contributed by atoms with Crippen molar-refractivity contribution in [3.8, 4) is 5.75 Å². The maximum atomic E-state index is 11.9. The first kappa shape index (κ1) is 23.0. The van der Waals surface area contributed by atoms with E-state index in [-0.39, 0.29) is 5.91 Å². The molecule has 1 N–H and O–H groups in total. The zero-order chi connectivity index (χ0) is 20.7. The summed E-state index contributed by atoms with van der Waals surface area (Å²) >= 11 is 6.30. The van der Waals surface area contributed by atoms with Crippen molar-refractivity contribution in [3.63, 3.8) is 0 Å². The van der Waals surface area contributed by atoms with E-state index >= 15 is 0 Å². The molecule has 0 aromatic heterocycles. The van der Waals surface area contributed by atoms with E-state index < -0.39 is 0 Å². The fourth-order valence-electron chi connectivity index (χ4n) is 2.96. The molecule has 2 aromatic rings. The van der Waals surface area contributed by atoms with Crippen LogP contribution in [0, 0.1) is 0 Å². The highest BCUT2D eigenvalue weighted by atomic mass is 35.5. The van der Waals surface area contributed by atoms with Gasteiger partial charge in [-0.1, -0.05) is 87.4 Å². The second-order valence-corrected chi connectivity index (χ2v) is 7.52. The number of halogens is 1. The number of nitrogens with one attached hydrogen (secondary N) is 1. The number of hydrogen-bond donors (Lipinski definition) is 1. The third-order valence-corrected chi connectivity index (χ3v) is 4.87. The highest BCUT2D eigenvalue weighted by molar-refractivity contribution is 6.32. The number of benzene rings is 2. The van der Waals surface area contributed by atoms with Crippen LogP contribution in [0.4, 0.5) is 0 Å². The van der Waals surface area contributed by atoms with Gasteiger partial charge >= 0.3 is 0 Å². The van der Waals surface area contributed by atoms with Gasteiger partial charge in [0.25, 0.3) is 0 Å². The third kappa shape index (κ3) is 9.62. The predicted molar refractivity (Wildman–Crippen MR) is 121 cm³/mol. The monoisotopic (exact) mass is 414 g/mol. The lowest BCUT2D eigenvalue weighted by molar-refractivity contribution is -0.120. The predicted octanol–water partition coefficient (Wildman–Crippen LogP) is 6.16. The number of unbranched alkanes of at least 4 members (excludes halogenated alkanes) is 6. The van der Waals surface area contributed by atoms with Crippen LogP contribution in [0.5, 0.6) is 5.75 Å². The van der Waals surface area contributed by atoms with Gasteiger partial charge in [0.2, 0.25) is 5.91 Å². The van der Waals surface area contributed by atoms with E-state index in [2.05, 4.69) is 17.5 Å². The number of nitrogens with zero attached hydrogens (tertiary/aromatic N) is 1. The molecule has 29 heavy (non-hydrogen) atoms. The van der Waals surface area contributed by atoms with Crippen LogP contribution < -0.4 is 10.2 Å². The lowest BCUT2D eigenvalue weighted by Crippen LogP contribution is -2.19. The minimum absolute atomic E-state index is 0.159. The molecule has 5 heteroatoms. The number of hydrogen-bond acceptors (Lipinski definition) is 3. The van der Waals surface area contributed by atoms with Gasteiger partial charge in [-0.25, -0.2) is 5.43 Å². The summed E-state index contributed by atoms with van der Waals surface area (Å²) < 4.78 is 5.78. The van der Waals surface area contributed by atoms with Crippen molar-refractivity contribution in [2.75, 3.05) is 6.61 Å². The Labute approximate surface area is 179 Å². The first-order valence-electron chi connectivity index (χ1n) is 10.5. The molecule has 0 bridgehead atoms. The van der Waals surface area contributed by atoms with E-state index in [0.29, 0.717) is 23.8 Å². The Morgan fingerprint density at radius 3 is 2.48 bits per heavy atom. The quantitative estimate of drug-likeness (QED) is 0.242. The summed E-state index contributed by atoms with van der Waals surface area (Å²) in [5.41, 5.74) is 4.29. The molecule has 0 spiro atoms. The van der Waals surface area contributed by atoms with Crippen LogP contribution in [0.2, 0.25) is 5.02 Å². The first-order valence-corrected chi connectivity index (χ1v) is 10.8. The first-order chi connectivity index (χ1) is 14.2. The molecular weight excluding hydrogens is 384 g/mol. The molecule has 0 unspecified atom stereocenters. The molecule has 0 radical (unpaired) electrons. The average molecular weight is 415 g/mol. The molecular formula is C24H31ClN2O2. The van der Waals surface area contributed by atoms with E-state index in [9.17, 15) is 4.79 Å². The van der Waals surface area contributed by atoms with Gasteiger partial charge in [0.05, 0.1) is 24.3 Å². The maximum absolute atomic E-state index is 11.9. The van der Waals surface area contributed by atoms with Crippen LogP contribution in [0.25, 0.3) is 0 Å². The number of carbonyl (C=O) groups is 1. The SMILES string of the molecule is CCCCCCCCCOc1ccc(/C=N\NC(=O)Cc2ccccc2)cc1Cl. The van der Waals surface area contributed by atoms with Gasteiger partial charge in [-0.15, -0.1) is 0 Å². The molecule has 0 heterocycles. The summed E-state index contributed by atoms with van der Waals surface area (Å²) in [6.07, 6.45) is 10.6. The summed E-state index contributed by atoms with van der Waals surface area (Å²) in [7, 11) is 0. The minimum atomic E-state index is -0.159. The normalized spacial score (nSPS) is 11.0. The van der Waals surface area contributed by atoms with E-state index in [1.807, 2.05) is 42.5 Å². The second kappa shape index (κ2) is 13.8. The summed E-state index contributed by atoms with van der Waals surface area (Å²) in [5, 5.41) is 4.55. The standard InChI is InChI=1S/C24H31ClN2O2/c1-2-3-4-5-6-7-11-16-29-23-15-14-21(17-22(23)25)19-26-27-24(28)18-20-12-9-8-10-13-20/h8-10,12-15,17,19H,2-7,11,16,18H2,1H3,(H,27,28)/b26-19-. The van der Waals surface area contributed by atoms with Crippen molar-refractivity contribution in [2.24, 2.45) is 5.10 Å². The number of hydrazone groups is 1. The Bertz CT molecular complexity index is 763. The number of rotatable bonds is 13. The van der Waals surface area contributed by atoms with E-state index in [4.69, 9.17) is 16.3 Å². The fourth-order valence-corrected chi connectivity index (χ4v) is 3.20. The van der Waals surface area contributed by atoms with Crippen molar-refractivity contribution in [3.05, 3.63) is 64.7 Å². The summed E-state index contributed by atoms with van der Waals surface area (Å²) in [5.74, 6) is 0.524. The Kier molecular flexibility index (Phi) is 10.9. The number of amides is 1. The Hall–Kier alpha value is -2.33. The molecule has 0 atom stereocenters. The number of ether oxygens (including phenoxy) is 1. The van der Waals surface area contributed by atoms with Crippen LogP contribution in [-0.4, -0.2) is 18.7 Å². The van der Waals surface area contributed by atoms with Crippen LogP contribution in [0.15, 0.2) is 53.6 Å². The lowest BCUT2D eigenvalue weighted by atomic mass is 10.1. The molecule has 0 aliphatic rings. The minimum Gasteiger partial charge on any atom is -0.492 e. The third-order valence-electron chi connectivity index (χ3n) is 4.57. The molecule has 0 saturated heterocycles. The molecule has 0 aliphatic heterocycles. The molecule has 2 rings (SSSR count). The molecule has 1 amide bonds. The van der Waals surface area contributed by atoms with Crippen molar-refractivity contribution < 1.29 is 9.53 Å². The number of carbonyl (C=O) groups excluding carboxylic acids is 1. The van der Waals surface area contributed by atoms with Gasteiger partial charge in [0, 0.05) is 0 Å². The van der Waals surface area contributed by atoms with Crippen molar-refractivity contribution in [2.45, 2.75) is 58.3 Å². The highest BCUT2D eigenvalue weighted by Crippen LogP contribution is 2.25. The molecule has 0 fully saturated rings. The van der Waals surface area contributed by atoms with Crippen molar-refractivity contribution >= 4 is 23.7 Å². The topological polar surface area (TPSA) is 50.7 Å². The van der Waals surface area contributed by atoms with Crippen LogP contribution >= 0.6 is 11.6 Å². The molecule has 2 aromatic carbocycles. The summed E-state index contributed by atoms with van der Waals surface area (Å²) in [6.45, 7) is 2.91. The maximum Gasteiger partial charge on any atom is 0.244 e. The fraction of sp³-hybridized carbons (Fsp3) is 0.417. The van der Waals surface area contributed by atoms with Crippen LogP contribution in [-0.2, 0) is 11.2 Å². The highest BCUT2D eigenvalue weighted by Gasteiger charge is 2.04. The van der Waals surface area contributed by atoms with E-state index in [1.165, 1.54) is 38.5 Å². The van der Waals surface area contributed by atoms with Gasteiger partial charge in [-0.2, -0.15) is 5.10 Å². The van der Waals surface area contributed by atoms with E-state index in [1.54, 1.807) is 12.3 Å². The van der Waals surface area contributed by atoms with Crippen molar-refractivity contribution in [1.82, 2.24) is 5.43 Å². The Morgan fingerprint density at radius 1 is 1.03 bits per heavy atom. The smallest absolute Gasteiger partial charge is 0.244 e. The molecule has 156 valence electrons. The lowest BCUT2D eigenvalue weighted by Gasteiger charge is -2.08. The van der Waals surface area contributed by atoms with Crippen LogP contribution in [0.1, 0.15) is 63.0 Å². The van der Waals surface area contributed by atoms with Gasteiger partial charge in [0.15, 0.2) is 0 Å². The van der Waals surface area contributed by atoms with Crippen LogP contribution in [0.3, 0.4) is 0 Å². The molecule has 4 nitrogen and oxygen atoms in total. The average Bonchev–Trinajstić information content (AvgIpc) is 2.72. The Morgan fingerprint density at radius 2 is 1.76 bits per heavy atom. The van der Waals surface area contributed by atoms with Crippen molar-refractivity contribution in [1.29, 1.82) is 0 Å². The summed E-state index contributed by atoms with van der Waals surface area (Å²) in [4.78, 5) is 11.9. The largest absolute Gasteiger partial charge is 0.492 e. The Balaban J connectivity index is 1.68. The van der Waals surface area contributed by atoms with Gasteiger partial charge in [-0.05, 0) is 35.7 Å². The summed E-state index contributed by atoms with van der Waals surface area (Å²) in [6, 6.07) is 15.1. The van der Waals surface area contributed by atoms with E-state index in [0.717, 1.165) is 17.5 Å². The zero-order valence-electron chi connectivity index (χ0n) is 17.2. The van der Waals surface area contributed by atoms with Gasteiger partial charge in [0.1, 0.15) is 5.75 Å².